The van der Waals surface area contributed by atoms with Crippen molar-refractivity contribution in [1.82, 2.24) is 24.6 Å². The largest absolute Gasteiger partial charge is 0.336 e. The van der Waals surface area contributed by atoms with Crippen LogP contribution in [-0.2, 0) is 6.54 Å². The van der Waals surface area contributed by atoms with E-state index in [0.29, 0.717) is 34.7 Å². The summed E-state index contributed by atoms with van der Waals surface area (Å²) in [5.41, 5.74) is 0.583. The van der Waals surface area contributed by atoms with Crippen molar-refractivity contribution in [3.63, 3.8) is 0 Å². The molecule has 2 aromatic rings. The first kappa shape index (κ1) is 19.7. The van der Waals surface area contributed by atoms with Gasteiger partial charge in [-0.1, -0.05) is 42.5 Å². The summed E-state index contributed by atoms with van der Waals surface area (Å²) in [4.78, 5) is 17.0. The van der Waals surface area contributed by atoms with Crippen molar-refractivity contribution in [2.45, 2.75) is 44.7 Å². The Kier molecular flexibility index (Phi) is 6.19. The van der Waals surface area contributed by atoms with Crippen LogP contribution in [0.3, 0.4) is 0 Å². The highest BCUT2D eigenvalue weighted by Crippen LogP contribution is 2.29. The second-order valence-corrected chi connectivity index (χ2v) is 8.46. The molecular weight excluding hydrogens is 397 g/mol. The zero-order valence-electron chi connectivity index (χ0n) is 15.9. The lowest BCUT2D eigenvalue weighted by molar-refractivity contribution is 0.0623. The number of nitrogens with zero attached hydrogens (tertiary/aromatic N) is 5. The molecule has 2 fully saturated rings. The molecule has 8 heteroatoms. The van der Waals surface area contributed by atoms with Crippen LogP contribution in [0.1, 0.15) is 54.3 Å². The standard InChI is InChI=1S/C20H25Cl2N5O/c21-17-7-6-15(12-18(17)22)20(28)26-10-8-25(9-11-26)13-19-24-23-14-27(19)16-4-2-1-3-5-16/h6-7,12,14,16H,1-5,8-11,13H2. The Bertz CT molecular complexity index is 826. The van der Waals surface area contributed by atoms with Crippen LogP contribution in [0.5, 0.6) is 0 Å². The molecule has 0 bridgehead atoms. The van der Waals surface area contributed by atoms with E-state index in [-0.39, 0.29) is 5.91 Å². The Hall–Kier alpha value is -1.63. The van der Waals surface area contributed by atoms with E-state index in [9.17, 15) is 4.79 Å². The van der Waals surface area contributed by atoms with E-state index in [2.05, 4.69) is 19.7 Å². The van der Waals surface area contributed by atoms with Crippen LogP contribution in [0.25, 0.3) is 0 Å². The molecule has 1 aliphatic heterocycles. The van der Waals surface area contributed by atoms with Crippen molar-refractivity contribution in [2.75, 3.05) is 26.2 Å². The first-order chi connectivity index (χ1) is 13.6. The highest BCUT2D eigenvalue weighted by Gasteiger charge is 2.25. The molecule has 6 nitrogen and oxygen atoms in total. The average Bonchev–Trinajstić information content (AvgIpc) is 3.19. The lowest BCUT2D eigenvalue weighted by Gasteiger charge is -2.35. The van der Waals surface area contributed by atoms with Crippen LogP contribution in [0.2, 0.25) is 10.0 Å². The number of aromatic nitrogens is 3. The average molecular weight is 422 g/mol. The van der Waals surface area contributed by atoms with Crippen LogP contribution in [0, 0.1) is 0 Å². The van der Waals surface area contributed by atoms with E-state index in [1.165, 1.54) is 32.1 Å². The van der Waals surface area contributed by atoms with Gasteiger partial charge in [-0.15, -0.1) is 10.2 Å². The predicted octanol–water partition coefficient (Wildman–Crippen LogP) is 4.05. The Morgan fingerprint density at radius 1 is 1.04 bits per heavy atom. The molecule has 1 saturated carbocycles. The van der Waals surface area contributed by atoms with E-state index in [0.717, 1.165) is 25.5 Å². The van der Waals surface area contributed by atoms with Gasteiger partial charge in [0.15, 0.2) is 0 Å². The van der Waals surface area contributed by atoms with E-state index >= 15 is 0 Å². The zero-order valence-corrected chi connectivity index (χ0v) is 17.4. The van der Waals surface area contributed by atoms with Gasteiger partial charge in [-0.2, -0.15) is 0 Å². The van der Waals surface area contributed by atoms with Crippen LogP contribution >= 0.6 is 23.2 Å². The molecule has 1 amide bonds. The zero-order chi connectivity index (χ0) is 19.5. The summed E-state index contributed by atoms with van der Waals surface area (Å²) >= 11 is 12.0. The molecule has 1 aliphatic carbocycles. The molecule has 0 atom stereocenters. The summed E-state index contributed by atoms with van der Waals surface area (Å²) in [5.74, 6) is 1.04. The van der Waals surface area contributed by atoms with Crippen LogP contribution < -0.4 is 0 Å². The summed E-state index contributed by atoms with van der Waals surface area (Å²) in [6, 6.07) is 5.59. The van der Waals surface area contributed by atoms with E-state index in [1.807, 2.05) is 11.2 Å². The number of carbonyl (C=O) groups excluding carboxylic acids is 1. The molecule has 4 rings (SSSR count). The summed E-state index contributed by atoms with van der Waals surface area (Å²) in [7, 11) is 0. The fourth-order valence-electron chi connectivity index (χ4n) is 4.16. The van der Waals surface area contributed by atoms with Crippen LogP contribution in [-0.4, -0.2) is 56.7 Å². The molecule has 0 unspecified atom stereocenters. The van der Waals surface area contributed by atoms with E-state index in [1.54, 1.807) is 18.2 Å². The van der Waals surface area contributed by atoms with Gasteiger partial charge in [0.25, 0.3) is 5.91 Å². The van der Waals surface area contributed by atoms with Crippen molar-refractivity contribution in [2.24, 2.45) is 0 Å². The summed E-state index contributed by atoms with van der Waals surface area (Å²) in [6.07, 6.45) is 8.24. The second-order valence-electron chi connectivity index (χ2n) is 7.64. The highest BCUT2D eigenvalue weighted by atomic mass is 35.5. The first-order valence-electron chi connectivity index (χ1n) is 9.97. The topological polar surface area (TPSA) is 54.3 Å². The first-order valence-corrected chi connectivity index (χ1v) is 10.7. The summed E-state index contributed by atoms with van der Waals surface area (Å²) < 4.78 is 2.27. The van der Waals surface area contributed by atoms with Crippen molar-refractivity contribution in [3.8, 4) is 0 Å². The Morgan fingerprint density at radius 2 is 1.79 bits per heavy atom. The third kappa shape index (κ3) is 4.34. The van der Waals surface area contributed by atoms with Crippen molar-refractivity contribution >= 4 is 29.1 Å². The Morgan fingerprint density at radius 3 is 2.50 bits per heavy atom. The number of benzene rings is 1. The van der Waals surface area contributed by atoms with Crippen molar-refractivity contribution < 1.29 is 4.79 Å². The molecule has 2 aliphatic rings. The van der Waals surface area contributed by atoms with Gasteiger partial charge in [0.05, 0.1) is 16.6 Å². The number of rotatable bonds is 4. The van der Waals surface area contributed by atoms with E-state index in [4.69, 9.17) is 23.2 Å². The van der Waals surface area contributed by atoms with Gasteiger partial charge in [-0.3, -0.25) is 9.69 Å². The Balaban J connectivity index is 1.34. The lowest BCUT2D eigenvalue weighted by Crippen LogP contribution is -2.48. The highest BCUT2D eigenvalue weighted by molar-refractivity contribution is 6.42. The number of hydrogen-bond acceptors (Lipinski definition) is 4. The minimum absolute atomic E-state index is 0.00332. The molecule has 1 aromatic heterocycles. The molecule has 1 saturated heterocycles. The van der Waals surface area contributed by atoms with Crippen LogP contribution in [0.15, 0.2) is 24.5 Å². The lowest BCUT2D eigenvalue weighted by atomic mass is 9.95. The van der Waals surface area contributed by atoms with Crippen LogP contribution in [0.4, 0.5) is 0 Å². The van der Waals surface area contributed by atoms with Gasteiger partial charge in [0, 0.05) is 37.8 Å². The van der Waals surface area contributed by atoms with Gasteiger partial charge in [-0.25, -0.2) is 0 Å². The quantitative estimate of drug-likeness (QED) is 0.746. The van der Waals surface area contributed by atoms with Crippen molar-refractivity contribution in [3.05, 3.63) is 46.0 Å². The molecule has 150 valence electrons. The molecule has 0 N–H and O–H groups in total. The molecule has 2 heterocycles. The third-order valence-electron chi connectivity index (χ3n) is 5.81. The fourth-order valence-corrected chi connectivity index (χ4v) is 4.46. The van der Waals surface area contributed by atoms with Gasteiger partial charge >= 0.3 is 0 Å². The summed E-state index contributed by atoms with van der Waals surface area (Å²) in [5, 5.41) is 9.40. The number of piperazine rings is 1. The minimum Gasteiger partial charge on any atom is -0.336 e. The van der Waals surface area contributed by atoms with Crippen molar-refractivity contribution in [1.29, 1.82) is 0 Å². The molecule has 1 aromatic carbocycles. The maximum atomic E-state index is 12.7. The van der Waals surface area contributed by atoms with Gasteiger partial charge in [0.1, 0.15) is 12.2 Å². The number of carbonyl (C=O) groups is 1. The second kappa shape index (κ2) is 8.80. The monoisotopic (exact) mass is 421 g/mol. The smallest absolute Gasteiger partial charge is 0.253 e. The summed E-state index contributed by atoms with van der Waals surface area (Å²) in [6.45, 7) is 3.81. The van der Waals surface area contributed by atoms with Gasteiger partial charge in [0.2, 0.25) is 0 Å². The normalized spacial score (nSPS) is 19.1. The number of amides is 1. The minimum atomic E-state index is 0.00332. The third-order valence-corrected chi connectivity index (χ3v) is 6.55. The SMILES string of the molecule is O=C(c1ccc(Cl)c(Cl)c1)N1CCN(Cc2nncn2C2CCCCC2)CC1. The Labute approximate surface area is 175 Å². The molecule has 0 radical (unpaired) electrons. The number of hydrogen-bond donors (Lipinski definition) is 0. The number of halogens is 2. The predicted molar refractivity (Wildman–Crippen MR) is 110 cm³/mol. The molecule has 28 heavy (non-hydrogen) atoms. The molecule has 0 spiro atoms. The van der Waals surface area contributed by atoms with Gasteiger partial charge < -0.3 is 9.47 Å². The maximum absolute atomic E-state index is 12.7. The van der Waals surface area contributed by atoms with Gasteiger partial charge in [-0.05, 0) is 31.0 Å². The van der Waals surface area contributed by atoms with E-state index < -0.39 is 0 Å². The molecular formula is C20H25Cl2N5O. The maximum Gasteiger partial charge on any atom is 0.253 e. The fraction of sp³-hybridized carbons (Fsp3) is 0.550.